The van der Waals surface area contributed by atoms with Gasteiger partial charge in [-0.25, -0.2) is 0 Å². The fourth-order valence-electron chi connectivity index (χ4n) is 3.01. The van der Waals surface area contributed by atoms with Crippen LogP contribution in [0.3, 0.4) is 0 Å². The van der Waals surface area contributed by atoms with Crippen molar-refractivity contribution in [2.75, 3.05) is 26.7 Å². The molecule has 2 atom stereocenters. The van der Waals surface area contributed by atoms with Gasteiger partial charge in [-0.2, -0.15) is 0 Å². The van der Waals surface area contributed by atoms with Crippen molar-refractivity contribution in [3.8, 4) is 0 Å². The zero-order chi connectivity index (χ0) is 13.0. The van der Waals surface area contributed by atoms with Crippen LogP contribution in [0.1, 0.15) is 30.7 Å². The van der Waals surface area contributed by atoms with E-state index in [4.69, 9.17) is 16.7 Å². The Morgan fingerprint density at radius 1 is 1.33 bits per heavy atom. The van der Waals surface area contributed by atoms with Gasteiger partial charge < -0.3 is 10.0 Å². The molecule has 1 aliphatic rings. The number of aliphatic hydroxyl groups excluding tert-OH is 1. The van der Waals surface area contributed by atoms with Crippen LogP contribution in [0.25, 0.3) is 0 Å². The van der Waals surface area contributed by atoms with E-state index < -0.39 is 0 Å². The molecule has 1 N–H and O–H groups in total. The topological polar surface area (TPSA) is 23.5 Å². The van der Waals surface area contributed by atoms with Gasteiger partial charge in [0, 0.05) is 18.2 Å². The minimum Gasteiger partial charge on any atom is -0.396 e. The maximum absolute atomic E-state index is 9.02. The van der Waals surface area contributed by atoms with Crippen LogP contribution in [0, 0.1) is 5.92 Å². The highest BCUT2D eigenvalue weighted by Gasteiger charge is 2.28. The van der Waals surface area contributed by atoms with E-state index in [9.17, 15) is 0 Å². The van der Waals surface area contributed by atoms with Crippen LogP contribution in [0.4, 0.5) is 0 Å². The van der Waals surface area contributed by atoms with E-state index in [0.717, 1.165) is 31.0 Å². The second-order valence-corrected chi connectivity index (χ2v) is 5.77. The molecule has 0 bridgehead atoms. The first-order valence-corrected chi connectivity index (χ1v) is 7.13. The van der Waals surface area contributed by atoms with Crippen LogP contribution in [0.5, 0.6) is 0 Å². The van der Waals surface area contributed by atoms with Gasteiger partial charge in [0.15, 0.2) is 0 Å². The largest absolute Gasteiger partial charge is 0.396 e. The molecule has 1 aromatic carbocycles. The molecular weight excluding hydrogens is 246 g/mol. The van der Waals surface area contributed by atoms with Gasteiger partial charge >= 0.3 is 0 Å². The van der Waals surface area contributed by atoms with Crippen molar-refractivity contribution >= 4 is 11.6 Å². The van der Waals surface area contributed by atoms with Crippen molar-refractivity contribution in [1.29, 1.82) is 0 Å². The van der Waals surface area contributed by atoms with E-state index >= 15 is 0 Å². The lowest BCUT2D eigenvalue weighted by atomic mass is 9.78. The summed E-state index contributed by atoms with van der Waals surface area (Å²) in [4.78, 5) is 2.40. The zero-order valence-electron chi connectivity index (χ0n) is 11.0. The Hall–Kier alpha value is -0.570. The standard InChI is InChI=1S/C15H22ClNO/c1-17-9-8-15(13(11-17)3-2-10-18)12-4-6-14(16)7-5-12/h4-7,13,15,18H,2-3,8-11H2,1H3. The Kier molecular flexibility index (Phi) is 5.04. The first kappa shape index (κ1) is 13.9. The summed E-state index contributed by atoms with van der Waals surface area (Å²) in [5.41, 5.74) is 1.40. The number of hydrogen-bond donors (Lipinski definition) is 1. The number of aliphatic hydroxyl groups is 1. The van der Waals surface area contributed by atoms with Crippen LogP contribution < -0.4 is 0 Å². The number of halogens is 1. The smallest absolute Gasteiger partial charge is 0.0431 e. The SMILES string of the molecule is CN1CCC(c2ccc(Cl)cc2)C(CCCO)C1. The average Bonchev–Trinajstić information content (AvgIpc) is 2.38. The molecule has 18 heavy (non-hydrogen) atoms. The summed E-state index contributed by atoms with van der Waals surface area (Å²) in [5.74, 6) is 1.27. The normalized spacial score (nSPS) is 25.3. The molecule has 1 aromatic rings. The lowest BCUT2D eigenvalue weighted by molar-refractivity contribution is 0.164. The molecule has 1 heterocycles. The summed E-state index contributed by atoms with van der Waals surface area (Å²) >= 11 is 5.95. The summed E-state index contributed by atoms with van der Waals surface area (Å²) in [6, 6.07) is 8.28. The van der Waals surface area contributed by atoms with Gasteiger partial charge in [-0.05, 0) is 62.4 Å². The molecule has 3 heteroatoms. The van der Waals surface area contributed by atoms with E-state index in [1.54, 1.807) is 0 Å². The zero-order valence-corrected chi connectivity index (χ0v) is 11.7. The Morgan fingerprint density at radius 2 is 2.06 bits per heavy atom. The summed E-state index contributed by atoms with van der Waals surface area (Å²) in [7, 11) is 2.18. The maximum Gasteiger partial charge on any atom is 0.0431 e. The third kappa shape index (κ3) is 3.47. The molecule has 0 aliphatic carbocycles. The van der Waals surface area contributed by atoms with Crippen LogP contribution in [0.2, 0.25) is 5.02 Å². The third-order valence-electron chi connectivity index (χ3n) is 3.97. The molecular formula is C15H22ClNO. The minimum absolute atomic E-state index is 0.299. The first-order valence-electron chi connectivity index (χ1n) is 6.75. The molecule has 0 radical (unpaired) electrons. The van der Waals surface area contributed by atoms with Crippen LogP contribution in [0.15, 0.2) is 24.3 Å². The summed E-state index contributed by atoms with van der Waals surface area (Å²) in [6.45, 7) is 2.59. The minimum atomic E-state index is 0.299. The number of rotatable bonds is 4. The molecule has 0 spiro atoms. The Bertz CT molecular complexity index is 365. The van der Waals surface area contributed by atoms with Crippen LogP contribution >= 0.6 is 11.6 Å². The molecule has 2 nitrogen and oxygen atoms in total. The van der Waals surface area contributed by atoms with Crippen molar-refractivity contribution in [3.05, 3.63) is 34.9 Å². The van der Waals surface area contributed by atoms with Crippen molar-refractivity contribution < 1.29 is 5.11 Å². The van der Waals surface area contributed by atoms with Crippen molar-refractivity contribution in [1.82, 2.24) is 4.90 Å². The predicted octanol–water partition coefficient (Wildman–Crippen LogP) is 3.15. The van der Waals surface area contributed by atoms with Gasteiger partial charge in [0.2, 0.25) is 0 Å². The number of benzene rings is 1. The van der Waals surface area contributed by atoms with Crippen LogP contribution in [-0.4, -0.2) is 36.8 Å². The quantitative estimate of drug-likeness (QED) is 0.906. The predicted molar refractivity (Wildman–Crippen MR) is 76.1 cm³/mol. The fourth-order valence-corrected chi connectivity index (χ4v) is 3.13. The van der Waals surface area contributed by atoms with Gasteiger partial charge in [0.1, 0.15) is 0 Å². The average molecular weight is 268 g/mol. The highest BCUT2D eigenvalue weighted by molar-refractivity contribution is 6.30. The van der Waals surface area contributed by atoms with Crippen LogP contribution in [-0.2, 0) is 0 Å². The molecule has 1 saturated heterocycles. The molecule has 100 valence electrons. The van der Waals surface area contributed by atoms with Crippen molar-refractivity contribution in [2.24, 2.45) is 5.92 Å². The molecule has 2 unspecified atom stereocenters. The third-order valence-corrected chi connectivity index (χ3v) is 4.22. The van der Waals surface area contributed by atoms with E-state index in [1.807, 2.05) is 12.1 Å². The summed E-state index contributed by atoms with van der Waals surface area (Å²) in [5, 5.41) is 9.83. The molecule has 0 amide bonds. The van der Waals surface area contributed by atoms with E-state index in [2.05, 4.69) is 24.1 Å². The first-order chi connectivity index (χ1) is 8.70. The number of piperidine rings is 1. The van der Waals surface area contributed by atoms with Gasteiger partial charge in [-0.3, -0.25) is 0 Å². The number of nitrogens with zero attached hydrogens (tertiary/aromatic N) is 1. The van der Waals surface area contributed by atoms with Gasteiger partial charge in [0.05, 0.1) is 0 Å². The van der Waals surface area contributed by atoms with Crippen molar-refractivity contribution in [2.45, 2.75) is 25.2 Å². The maximum atomic E-state index is 9.02. The number of likely N-dealkylation sites (tertiary alicyclic amines) is 1. The summed E-state index contributed by atoms with van der Waals surface area (Å²) in [6.07, 6.45) is 3.21. The Balaban J connectivity index is 2.09. The Morgan fingerprint density at radius 3 is 2.72 bits per heavy atom. The molecule has 2 rings (SSSR count). The second-order valence-electron chi connectivity index (χ2n) is 5.33. The van der Waals surface area contributed by atoms with Gasteiger partial charge in [-0.15, -0.1) is 0 Å². The lowest BCUT2D eigenvalue weighted by Gasteiger charge is -2.37. The fraction of sp³-hybridized carbons (Fsp3) is 0.600. The molecule has 1 fully saturated rings. The van der Waals surface area contributed by atoms with Gasteiger partial charge in [0.25, 0.3) is 0 Å². The van der Waals surface area contributed by atoms with Gasteiger partial charge in [-0.1, -0.05) is 23.7 Å². The number of hydrogen-bond acceptors (Lipinski definition) is 2. The Labute approximate surface area is 115 Å². The monoisotopic (exact) mass is 267 g/mol. The van der Waals surface area contributed by atoms with Crippen molar-refractivity contribution in [3.63, 3.8) is 0 Å². The van der Waals surface area contributed by atoms with E-state index in [1.165, 1.54) is 12.0 Å². The molecule has 0 saturated carbocycles. The highest BCUT2D eigenvalue weighted by atomic mass is 35.5. The molecule has 0 aromatic heterocycles. The van der Waals surface area contributed by atoms with E-state index in [-0.39, 0.29) is 0 Å². The van der Waals surface area contributed by atoms with E-state index in [0.29, 0.717) is 18.4 Å². The lowest BCUT2D eigenvalue weighted by Crippen LogP contribution is -2.37. The second kappa shape index (κ2) is 6.55. The molecule has 1 aliphatic heterocycles. The highest BCUT2D eigenvalue weighted by Crippen LogP contribution is 2.35. The summed E-state index contributed by atoms with van der Waals surface area (Å²) < 4.78 is 0.